The van der Waals surface area contributed by atoms with Crippen LogP contribution in [-0.2, 0) is 6.42 Å². The number of halogens is 1. The maximum Gasteiger partial charge on any atom is 0.165 e. The molecule has 0 spiro atoms. The molecule has 0 aliphatic carbocycles. The van der Waals surface area contributed by atoms with Crippen molar-refractivity contribution >= 4 is 17.2 Å². The number of nitrogens with one attached hydrogen (secondary N) is 1. The molecule has 0 saturated carbocycles. The lowest BCUT2D eigenvalue weighted by molar-refractivity contribution is 0.624. The van der Waals surface area contributed by atoms with Crippen LogP contribution in [0.4, 0.5) is 10.2 Å². The number of aromatic nitrogens is 1. The minimum absolute atomic E-state index is 0.303. The second-order valence-electron chi connectivity index (χ2n) is 3.14. The molecular formula is C11H11FN2S. The highest BCUT2D eigenvalue weighted by Gasteiger charge is 2.00. The molecule has 0 aromatic carbocycles. The van der Waals surface area contributed by atoms with Crippen molar-refractivity contribution < 1.29 is 4.39 Å². The van der Waals surface area contributed by atoms with Gasteiger partial charge in [0, 0.05) is 12.7 Å². The van der Waals surface area contributed by atoms with Crippen molar-refractivity contribution in [2.75, 3.05) is 11.9 Å². The van der Waals surface area contributed by atoms with Gasteiger partial charge in [-0.25, -0.2) is 9.37 Å². The van der Waals surface area contributed by atoms with E-state index in [4.69, 9.17) is 0 Å². The topological polar surface area (TPSA) is 24.9 Å². The first-order valence-electron chi connectivity index (χ1n) is 4.72. The number of rotatable bonds is 4. The maximum absolute atomic E-state index is 13.1. The summed E-state index contributed by atoms with van der Waals surface area (Å²) in [6.45, 7) is 0.699. The summed E-state index contributed by atoms with van der Waals surface area (Å²) >= 11 is 1.67. The van der Waals surface area contributed by atoms with Gasteiger partial charge in [-0.1, -0.05) is 0 Å². The Hall–Kier alpha value is -1.42. The van der Waals surface area contributed by atoms with Gasteiger partial charge < -0.3 is 5.32 Å². The van der Waals surface area contributed by atoms with E-state index in [0.29, 0.717) is 12.4 Å². The van der Waals surface area contributed by atoms with E-state index in [1.165, 1.54) is 11.6 Å². The fraction of sp³-hybridized carbons (Fsp3) is 0.182. The molecule has 2 aromatic rings. The van der Waals surface area contributed by atoms with Crippen LogP contribution < -0.4 is 5.32 Å². The van der Waals surface area contributed by atoms with E-state index in [1.54, 1.807) is 23.6 Å². The molecule has 2 aromatic heterocycles. The molecule has 2 nitrogen and oxygen atoms in total. The van der Waals surface area contributed by atoms with Crippen molar-refractivity contribution in [3.8, 4) is 0 Å². The minimum Gasteiger partial charge on any atom is -0.367 e. The monoisotopic (exact) mass is 222 g/mol. The molecule has 78 valence electrons. The first-order chi connectivity index (χ1) is 7.36. The number of anilines is 1. The molecule has 0 aliphatic heterocycles. The molecule has 0 unspecified atom stereocenters. The zero-order valence-corrected chi connectivity index (χ0v) is 8.93. The van der Waals surface area contributed by atoms with Crippen molar-refractivity contribution in [2.24, 2.45) is 0 Å². The molecule has 0 saturated heterocycles. The van der Waals surface area contributed by atoms with Crippen molar-refractivity contribution in [2.45, 2.75) is 6.42 Å². The van der Waals surface area contributed by atoms with Crippen LogP contribution in [-0.4, -0.2) is 11.5 Å². The first-order valence-corrected chi connectivity index (χ1v) is 5.66. The maximum atomic E-state index is 13.1. The quantitative estimate of drug-likeness (QED) is 0.860. The van der Waals surface area contributed by atoms with E-state index in [1.807, 2.05) is 5.38 Å². The molecule has 2 heterocycles. The molecule has 0 bridgehead atoms. The van der Waals surface area contributed by atoms with Crippen molar-refractivity contribution in [3.63, 3.8) is 0 Å². The third-order valence-corrected chi connectivity index (χ3v) is 2.78. The summed E-state index contributed by atoms with van der Waals surface area (Å²) in [6.07, 6.45) is 2.47. The number of pyridine rings is 1. The Morgan fingerprint density at radius 3 is 3.07 bits per heavy atom. The second kappa shape index (κ2) is 4.89. The zero-order chi connectivity index (χ0) is 10.5. The molecule has 15 heavy (non-hydrogen) atoms. The van der Waals surface area contributed by atoms with Gasteiger partial charge in [-0.3, -0.25) is 0 Å². The number of hydrogen-bond donors (Lipinski definition) is 1. The Morgan fingerprint density at radius 2 is 2.33 bits per heavy atom. The van der Waals surface area contributed by atoms with Crippen LogP contribution in [0.2, 0.25) is 0 Å². The molecule has 0 radical (unpaired) electrons. The Kier molecular flexibility index (Phi) is 3.29. The lowest BCUT2D eigenvalue weighted by Crippen LogP contribution is -2.07. The number of thiophene rings is 1. The summed E-state index contributed by atoms with van der Waals surface area (Å²) in [5, 5.41) is 7.10. The van der Waals surface area contributed by atoms with Crippen molar-refractivity contribution in [3.05, 3.63) is 46.5 Å². The highest BCUT2D eigenvalue weighted by Crippen LogP contribution is 2.10. The normalized spacial score (nSPS) is 10.2. The Balaban J connectivity index is 1.86. The fourth-order valence-corrected chi connectivity index (χ4v) is 1.98. The smallest absolute Gasteiger partial charge is 0.165 e. The SMILES string of the molecule is Fc1cccnc1NCCc1ccsc1. The van der Waals surface area contributed by atoms with Crippen LogP contribution in [0.15, 0.2) is 35.2 Å². The second-order valence-corrected chi connectivity index (χ2v) is 3.92. The minimum atomic E-state index is -0.303. The van der Waals surface area contributed by atoms with E-state index in [-0.39, 0.29) is 5.82 Å². The largest absolute Gasteiger partial charge is 0.367 e. The third kappa shape index (κ3) is 2.76. The molecule has 0 aliphatic rings. The summed E-state index contributed by atoms with van der Waals surface area (Å²) in [5.74, 6) is 0.0237. The van der Waals surface area contributed by atoms with Crippen LogP contribution in [0.1, 0.15) is 5.56 Å². The van der Waals surface area contributed by atoms with E-state index in [0.717, 1.165) is 6.42 Å². The summed E-state index contributed by atoms with van der Waals surface area (Å²) in [6, 6.07) is 5.06. The first kappa shape index (κ1) is 10.1. The van der Waals surface area contributed by atoms with Gasteiger partial charge in [-0.15, -0.1) is 0 Å². The van der Waals surface area contributed by atoms with Crippen molar-refractivity contribution in [1.29, 1.82) is 0 Å². The van der Waals surface area contributed by atoms with Gasteiger partial charge in [0.2, 0.25) is 0 Å². The average molecular weight is 222 g/mol. The number of hydrogen-bond acceptors (Lipinski definition) is 3. The average Bonchev–Trinajstić information content (AvgIpc) is 2.74. The van der Waals surface area contributed by atoms with E-state index in [2.05, 4.69) is 21.7 Å². The Morgan fingerprint density at radius 1 is 1.40 bits per heavy atom. The Labute approximate surface area is 91.8 Å². The van der Waals surface area contributed by atoms with Gasteiger partial charge in [0.25, 0.3) is 0 Å². The third-order valence-electron chi connectivity index (χ3n) is 2.04. The summed E-state index contributed by atoms with van der Waals surface area (Å²) in [4.78, 5) is 3.91. The Bertz CT molecular complexity index is 414. The molecule has 4 heteroatoms. The van der Waals surface area contributed by atoms with Gasteiger partial charge >= 0.3 is 0 Å². The van der Waals surface area contributed by atoms with Gasteiger partial charge in [0.05, 0.1) is 0 Å². The highest BCUT2D eigenvalue weighted by molar-refractivity contribution is 7.07. The lowest BCUT2D eigenvalue weighted by atomic mass is 10.2. The van der Waals surface area contributed by atoms with Crippen molar-refractivity contribution in [1.82, 2.24) is 4.98 Å². The fourth-order valence-electron chi connectivity index (χ4n) is 1.28. The molecule has 2 rings (SSSR count). The lowest BCUT2D eigenvalue weighted by Gasteiger charge is -2.04. The standard InChI is InChI=1S/C11H11FN2S/c12-10-2-1-5-13-11(10)14-6-3-9-4-7-15-8-9/h1-2,4-5,7-8H,3,6H2,(H,13,14). The van der Waals surface area contributed by atoms with Crippen LogP contribution in [0.25, 0.3) is 0 Å². The molecule has 0 fully saturated rings. The zero-order valence-electron chi connectivity index (χ0n) is 8.11. The van der Waals surface area contributed by atoms with Crippen LogP contribution in [0.5, 0.6) is 0 Å². The molecular weight excluding hydrogens is 211 g/mol. The summed E-state index contributed by atoms with van der Waals surface area (Å²) in [7, 11) is 0. The molecule has 0 atom stereocenters. The van der Waals surface area contributed by atoms with Crippen LogP contribution in [0, 0.1) is 5.82 Å². The van der Waals surface area contributed by atoms with Gasteiger partial charge in [-0.05, 0) is 40.9 Å². The predicted molar refractivity (Wildman–Crippen MR) is 60.7 cm³/mol. The van der Waals surface area contributed by atoms with E-state index in [9.17, 15) is 4.39 Å². The van der Waals surface area contributed by atoms with Gasteiger partial charge in [-0.2, -0.15) is 11.3 Å². The molecule has 0 amide bonds. The predicted octanol–water partition coefficient (Wildman–Crippen LogP) is 2.94. The van der Waals surface area contributed by atoms with E-state index < -0.39 is 0 Å². The number of nitrogens with zero attached hydrogens (tertiary/aromatic N) is 1. The highest BCUT2D eigenvalue weighted by atomic mass is 32.1. The van der Waals surface area contributed by atoms with Gasteiger partial charge in [0.15, 0.2) is 11.6 Å². The van der Waals surface area contributed by atoms with Crippen LogP contribution >= 0.6 is 11.3 Å². The van der Waals surface area contributed by atoms with Crippen LogP contribution in [0.3, 0.4) is 0 Å². The molecule has 1 N–H and O–H groups in total. The summed E-state index contributed by atoms with van der Waals surface area (Å²) < 4.78 is 13.1. The summed E-state index contributed by atoms with van der Waals surface area (Å²) in [5.41, 5.74) is 1.27. The van der Waals surface area contributed by atoms with Gasteiger partial charge in [0.1, 0.15) is 0 Å². The van der Waals surface area contributed by atoms with E-state index >= 15 is 0 Å².